The van der Waals surface area contributed by atoms with E-state index in [0.717, 1.165) is 0 Å². The average molecular weight is 154 g/mol. The van der Waals surface area contributed by atoms with Gasteiger partial charge in [-0.2, -0.15) is 5.21 Å². The van der Waals surface area contributed by atoms with Crippen LogP contribution in [0.5, 0.6) is 0 Å². The predicted molar refractivity (Wildman–Crippen MR) is 28.6 cm³/mol. The van der Waals surface area contributed by atoms with Crippen LogP contribution >= 0.6 is 0 Å². The molecule has 0 saturated heterocycles. The van der Waals surface area contributed by atoms with E-state index < -0.39 is 0 Å². The summed E-state index contributed by atoms with van der Waals surface area (Å²) in [5, 5.41) is 26.5. The maximum absolute atomic E-state index is 10.7. The van der Waals surface area contributed by atoms with Gasteiger partial charge in [-0.1, -0.05) is 0 Å². The van der Waals surface area contributed by atoms with Gasteiger partial charge in [-0.3, -0.25) is 4.63 Å². The molecule has 0 aliphatic carbocycles. The van der Waals surface area contributed by atoms with Gasteiger partial charge >= 0.3 is 0 Å². The van der Waals surface area contributed by atoms with E-state index in [4.69, 9.17) is 0 Å². The van der Waals surface area contributed by atoms with Crippen LogP contribution < -0.4 is 4.90 Å². The molecule has 0 aliphatic heterocycles. The Morgan fingerprint density at radius 2 is 2.55 bits per heavy atom. The van der Waals surface area contributed by atoms with Crippen molar-refractivity contribution in [1.29, 1.82) is 0 Å². The van der Waals surface area contributed by atoms with Crippen molar-refractivity contribution < 1.29 is 9.53 Å². The largest absolute Gasteiger partial charge is 0.359 e. The van der Waals surface area contributed by atoms with Crippen LogP contribution in [0.3, 0.4) is 0 Å². The van der Waals surface area contributed by atoms with Crippen LogP contribution in [0.2, 0.25) is 0 Å². The van der Waals surface area contributed by atoms with Crippen molar-refractivity contribution in [2.24, 2.45) is 0 Å². The summed E-state index contributed by atoms with van der Waals surface area (Å²) in [6.45, 7) is 0. The SMILES string of the molecule is [O-][n+]1oncc1-c1nn[nH]n1. The van der Waals surface area contributed by atoms with Crippen LogP contribution in [0.25, 0.3) is 11.5 Å². The van der Waals surface area contributed by atoms with E-state index in [9.17, 15) is 5.21 Å². The highest BCUT2D eigenvalue weighted by molar-refractivity contribution is 5.39. The van der Waals surface area contributed by atoms with E-state index in [2.05, 4.69) is 30.4 Å². The third-order valence-electron chi connectivity index (χ3n) is 1.07. The second-order valence-corrected chi connectivity index (χ2v) is 1.69. The van der Waals surface area contributed by atoms with Gasteiger partial charge in [0.1, 0.15) is 0 Å². The molecular formula is C3H2N6O2. The summed E-state index contributed by atoms with van der Waals surface area (Å²) in [6.07, 6.45) is 1.21. The molecule has 56 valence electrons. The number of rotatable bonds is 1. The second kappa shape index (κ2) is 2.01. The zero-order chi connectivity index (χ0) is 7.68. The molecule has 8 heteroatoms. The molecule has 0 atom stereocenters. The van der Waals surface area contributed by atoms with E-state index in [0.29, 0.717) is 0 Å². The molecule has 0 bridgehead atoms. The highest BCUT2D eigenvalue weighted by atomic mass is 16.8. The number of aromatic amines is 1. The third-order valence-corrected chi connectivity index (χ3v) is 1.07. The quantitative estimate of drug-likeness (QED) is 0.500. The molecule has 2 aromatic heterocycles. The summed E-state index contributed by atoms with van der Waals surface area (Å²) in [6, 6.07) is 0. The molecule has 0 unspecified atom stereocenters. The molecule has 2 rings (SSSR count). The van der Waals surface area contributed by atoms with Gasteiger partial charge in [-0.25, -0.2) is 0 Å². The average Bonchev–Trinajstić information content (AvgIpc) is 2.55. The first-order valence-electron chi connectivity index (χ1n) is 2.66. The Morgan fingerprint density at radius 1 is 1.64 bits per heavy atom. The summed E-state index contributed by atoms with van der Waals surface area (Å²) in [4.78, 5) is 0.199. The Bertz CT molecular complexity index is 338. The van der Waals surface area contributed by atoms with Gasteiger partial charge < -0.3 is 5.21 Å². The lowest BCUT2D eigenvalue weighted by atomic mass is 10.5. The van der Waals surface area contributed by atoms with Crippen LogP contribution in [-0.2, 0) is 0 Å². The van der Waals surface area contributed by atoms with Gasteiger partial charge in [-0.05, 0) is 10.1 Å². The van der Waals surface area contributed by atoms with Crippen LogP contribution in [-0.4, -0.2) is 25.8 Å². The minimum Gasteiger partial charge on any atom is -0.359 e. The molecule has 1 N–H and O–H groups in total. The Morgan fingerprint density at radius 3 is 3.09 bits per heavy atom. The van der Waals surface area contributed by atoms with Gasteiger partial charge in [0, 0.05) is 5.16 Å². The summed E-state index contributed by atoms with van der Waals surface area (Å²) < 4.78 is 4.18. The van der Waals surface area contributed by atoms with Crippen molar-refractivity contribution in [3.63, 3.8) is 0 Å². The Hall–Kier alpha value is -1.99. The first kappa shape index (κ1) is 5.77. The fourth-order valence-corrected chi connectivity index (χ4v) is 0.617. The fraction of sp³-hybridized carbons (Fsp3) is 0. The first-order chi connectivity index (χ1) is 5.38. The zero-order valence-electron chi connectivity index (χ0n) is 5.13. The monoisotopic (exact) mass is 154 g/mol. The van der Waals surface area contributed by atoms with Gasteiger partial charge in [0.15, 0.2) is 0 Å². The molecule has 8 nitrogen and oxygen atoms in total. The van der Waals surface area contributed by atoms with Crippen molar-refractivity contribution >= 4 is 0 Å². The topological polar surface area (TPSA) is 107 Å². The Labute approximate surface area is 59.4 Å². The van der Waals surface area contributed by atoms with Gasteiger partial charge in [0.05, 0.1) is 0 Å². The Balaban J connectivity index is 2.53. The lowest BCUT2D eigenvalue weighted by Crippen LogP contribution is -2.25. The lowest BCUT2D eigenvalue weighted by molar-refractivity contribution is -0.793. The highest BCUT2D eigenvalue weighted by Crippen LogP contribution is 2.03. The molecule has 0 radical (unpaired) electrons. The predicted octanol–water partition coefficient (Wildman–Crippen LogP) is -1.51. The molecular weight excluding hydrogens is 152 g/mol. The summed E-state index contributed by atoms with van der Waals surface area (Å²) >= 11 is 0. The van der Waals surface area contributed by atoms with E-state index >= 15 is 0 Å². The van der Waals surface area contributed by atoms with Crippen molar-refractivity contribution in [1.82, 2.24) is 25.8 Å². The van der Waals surface area contributed by atoms with Crippen molar-refractivity contribution in [2.75, 3.05) is 0 Å². The number of hydrogen-bond acceptors (Lipinski definition) is 6. The van der Waals surface area contributed by atoms with Gasteiger partial charge in [0.2, 0.25) is 6.20 Å². The van der Waals surface area contributed by atoms with Crippen LogP contribution in [0.15, 0.2) is 10.8 Å². The maximum Gasteiger partial charge on any atom is 0.266 e. The third kappa shape index (κ3) is 0.801. The van der Waals surface area contributed by atoms with E-state index in [1.165, 1.54) is 6.20 Å². The van der Waals surface area contributed by atoms with E-state index in [1.807, 2.05) is 0 Å². The molecule has 0 amide bonds. The van der Waals surface area contributed by atoms with Crippen molar-refractivity contribution in [3.05, 3.63) is 11.4 Å². The summed E-state index contributed by atoms with van der Waals surface area (Å²) in [7, 11) is 0. The maximum atomic E-state index is 10.7. The molecule has 2 heterocycles. The second-order valence-electron chi connectivity index (χ2n) is 1.69. The molecule has 0 saturated carbocycles. The molecule has 0 fully saturated rings. The number of aromatic nitrogens is 6. The highest BCUT2D eigenvalue weighted by Gasteiger charge is 2.13. The standard InChI is InChI=1S/C3H2N6O2/c10-9-2(1-4-11-9)3-5-7-8-6-3/h1H,(H,5,6,7,8). The minimum atomic E-state index is 0.124. The molecule has 0 spiro atoms. The number of tetrazole rings is 1. The number of hydrogen-bond donors (Lipinski definition) is 1. The number of nitrogens with one attached hydrogen (secondary N) is 1. The Kier molecular flexibility index (Phi) is 1.05. The van der Waals surface area contributed by atoms with Crippen LogP contribution in [0, 0.1) is 5.21 Å². The number of nitrogens with zero attached hydrogens (tertiary/aromatic N) is 5. The molecule has 0 aromatic carbocycles. The minimum absolute atomic E-state index is 0.124. The normalized spacial score (nSPS) is 10.2. The summed E-state index contributed by atoms with van der Waals surface area (Å²) in [5.41, 5.74) is 0.124. The van der Waals surface area contributed by atoms with Crippen LogP contribution in [0.4, 0.5) is 0 Å². The lowest BCUT2D eigenvalue weighted by Gasteiger charge is -1.85. The molecule has 2 aromatic rings. The van der Waals surface area contributed by atoms with Crippen molar-refractivity contribution in [3.8, 4) is 11.5 Å². The first-order valence-corrected chi connectivity index (χ1v) is 2.66. The summed E-state index contributed by atoms with van der Waals surface area (Å²) in [5.74, 6) is 0.154. The smallest absolute Gasteiger partial charge is 0.266 e. The van der Waals surface area contributed by atoms with Gasteiger partial charge in [0.25, 0.3) is 11.5 Å². The van der Waals surface area contributed by atoms with Crippen LogP contribution in [0.1, 0.15) is 0 Å². The molecule has 0 aliphatic rings. The van der Waals surface area contributed by atoms with E-state index in [1.54, 1.807) is 0 Å². The van der Waals surface area contributed by atoms with Gasteiger partial charge in [-0.15, -0.1) is 10.2 Å². The number of H-pyrrole nitrogens is 1. The fourth-order valence-electron chi connectivity index (χ4n) is 0.617. The zero-order valence-corrected chi connectivity index (χ0v) is 5.13. The van der Waals surface area contributed by atoms with E-state index in [-0.39, 0.29) is 16.4 Å². The molecule has 11 heavy (non-hydrogen) atoms. The van der Waals surface area contributed by atoms with Crippen molar-refractivity contribution in [2.45, 2.75) is 0 Å².